The highest BCUT2D eigenvalue weighted by Gasteiger charge is 2.06. The van der Waals surface area contributed by atoms with E-state index in [1.54, 1.807) is 0 Å². The summed E-state index contributed by atoms with van der Waals surface area (Å²) < 4.78 is 0. The number of aromatic nitrogens is 4. The Bertz CT molecular complexity index is 391. The Morgan fingerprint density at radius 2 is 2.24 bits per heavy atom. The van der Waals surface area contributed by atoms with Crippen molar-refractivity contribution in [1.82, 2.24) is 30.9 Å². The number of carboxylic acid groups (broad SMARTS) is 1. The van der Waals surface area contributed by atoms with Gasteiger partial charge in [-0.15, -0.1) is 10.2 Å². The van der Waals surface area contributed by atoms with Gasteiger partial charge in [0.1, 0.15) is 6.54 Å². The van der Waals surface area contributed by atoms with E-state index in [4.69, 9.17) is 10.9 Å². The van der Waals surface area contributed by atoms with Gasteiger partial charge in [0.05, 0.1) is 0 Å². The number of hydrazine groups is 1. The van der Waals surface area contributed by atoms with Gasteiger partial charge >= 0.3 is 6.09 Å². The molecule has 0 aliphatic rings. The molecule has 17 heavy (non-hydrogen) atoms. The molecule has 0 aliphatic carbocycles. The predicted molar refractivity (Wildman–Crippen MR) is 54.5 cm³/mol. The summed E-state index contributed by atoms with van der Waals surface area (Å²) >= 11 is 0. The number of nitrogens with two attached hydrogens (primary N) is 1. The first-order chi connectivity index (χ1) is 8.11. The van der Waals surface area contributed by atoms with Gasteiger partial charge in [-0.05, 0) is 11.6 Å². The molecule has 94 valence electrons. The van der Waals surface area contributed by atoms with Crippen LogP contribution >= 0.6 is 0 Å². The minimum Gasteiger partial charge on any atom is -0.465 e. The maximum absolute atomic E-state index is 10.9. The van der Waals surface area contributed by atoms with Crippen molar-refractivity contribution in [3.8, 4) is 0 Å². The van der Waals surface area contributed by atoms with Crippen LogP contribution in [-0.2, 0) is 17.8 Å². The van der Waals surface area contributed by atoms with Crippen molar-refractivity contribution in [1.29, 1.82) is 0 Å². The fourth-order valence-electron chi connectivity index (χ4n) is 1.06. The van der Waals surface area contributed by atoms with E-state index in [9.17, 15) is 9.59 Å². The summed E-state index contributed by atoms with van der Waals surface area (Å²) in [5, 5.41) is 21.8. The summed E-state index contributed by atoms with van der Waals surface area (Å²) in [6.45, 7) is 0.212. The highest BCUT2D eigenvalue weighted by atomic mass is 16.4. The second-order valence-electron chi connectivity index (χ2n) is 3.14. The Kier molecular flexibility index (Phi) is 4.81. The molecule has 0 fully saturated rings. The molecule has 0 saturated heterocycles. The van der Waals surface area contributed by atoms with Crippen LogP contribution in [0.1, 0.15) is 12.2 Å². The molecule has 0 spiro atoms. The van der Waals surface area contributed by atoms with Gasteiger partial charge in [0.15, 0.2) is 5.82 Å². The molecule has 5 N–H and O–H groups in total. The van der Waals surface area contributed by atoms with Crippen molar-refractivity contribution in [2.75, 3.05) is 6.54 Å². The highest BCUT2D eigenvalue weighted by molar-refractivity contribution is 5.74. The van der Waals surface area contributed by atoms with Crippen molar-refractivity contribution in [3.63, 3.8) is 0 Å². The number of nitrogens with zero attached hydrogens (tertiary/aromatic N) is 4. The lowest BCUT2D eigenvalue weighted by atomic mass is 10.3. The molecule has 1 rings (SSSR count). The minimum atomic E-state index is -1.07. The van der Waals surface area contributed by atoms with Crippen LogP contribution in [0.25, 0.3) is 0 Å². The van der Waals surface area contributed by atoms with Crippen LogP contribution in [0.4, 0.5) is 4.79 Å². The van der Waals surface area contributed by atoms with Crippen LogP contribution in [0, 0.1) is 0 Å². The fourth-order valence-corrected chi connectivity index (χ4v) is 1.06. The summed E-state index contributed by atoms with van der Waals surface area (Å²) in [6, 6.07) is 0. The van der Waals surface area contributed by atoms with Crippen LogP contribution < -0.4 is 16.6 Å². The van der Waals surface area contributed by atoms with Crippen LogP contribution in [0.3, 0.4) is 0 Å². The van der Waals surface area contributed by atoms with E-state index < -0.39 is 12.0 Å². The quantitative estimate of drug-likeness (QED) is 0.193. The van der Waals surface area contributed by atoms with Gasteiger partial charge in [0, 0.05) is 13.0 Å². The zero-order chi connectivity index (χ0) is 12.7. The van der Waals surface area contributed by atoms with E-state index in [0.29, 0.717) is 25.2 Å². The third-order valence-electron chi connectivity index (χ3n) is 1.79. The first kappa shape index (κ1) is 12.8. The Hall–Kier alpha value is -2.23. The number of aryl methyl sites for hydroxylation is 1. The summed E-state index contributed by atoms with van der Waals surface area (Å²) in [4.78, 5) is 22.2. The van der Waals surface area contributed by atoms with E-state index in [2.05, 4.69) is 20.7 Å². The van der Waals surface area contributed by atoms with E-state index in [-0.39, 0.29) is 6.54 Å². The van der Waals surface area contributed by atoms with Gasteiger partial charge in [-0.3, -0.25) is 10.2 Å². The molecule has 1 aromatic heterocycles. The first-order valence-electron chi connectivity index (χ1n) is 4.84. The van der Waals surface area contributed by atoms with Gasteiger partial charge in [-0.25, -0.2) is 10.6 Å². The number of hydrogen-bond acceptors (Lipinski definition) is 6. The highest BCUT2D eigenvalue weighted by Crippen LogP contribution is 1.92. The zero-order valence-electron chi connectivity index (χ0n) is 8.96. The molecule has 1 aromatic rings. The maximum Gasteiger partial charge on any atom is 0.404 e. The second kappa shape index (κ2) is 6.37. The SMILES string of the molecule is NNC(=O)Cn1nnc(CCCNC(=O)O)n1. The van der Waals surface area contributed by atoms with Gasteiger partial charge < -0.3 is 10.4 Å². The third kappa shape index (κ3) is 4.88. The molecule has 1 heterocycles. The molecular formula is C7H13N7O3. The summed E-state index contributed by atoms with van der Waals surface area (Å²) in [7, 11) is 0. The molecule has 0 saturated carbocycles. The van der Waals surface area contributed by atoms with Crippen molar-refractivity contribution in [2.45, 2.75) is 19.4 Å². The first-order valence-corrected chi connectivity index (χ1v) is 4.84. The van der Waals surface area contributed by atoms with E-state index >= 15 is 0 Å². The number of amides is 2. The van der Waals surface area contributed by atoms with Gasteiger partial charge in [-0.2, -0.15) is 4.80 Å². The van der Waals surface area contributed by atoms with E-state index in [1.165, 1.54) is 0 Å². The largest absolute Gasteiger partial charge is 0.465 e. The van der Waals surface area contributed by atoms with Gasteiger partial charge in [0.25, 0.3) is 5.91 Å². The molecular weight excluding hydrogens is 230 g/mol. The van der Waals surface area contributed by atoms with Gasteiger partial charge in [-0.1, -0.05) is 0 Å². The molecule has 0 bridgehead atoms. The molecule has 0 aliphatic heterocycles. The fraction of sp³-hybridized carbons (Fsp3) is 0.571. The van der Waals surface area contributed by atoms with Crippen molar-refractivity contribution in [2.24, 2.45) is 5.84 Å². The Morgan fingerprint density at radius 1 is 1.47 bits per heavy atom. The Labute approximate surface area is 96.1 Å². The smallest absolute Gasteiger partial charge is 0.404 e. The number of rotatable bonds is 6. The van der Waals surface area contributed by atoms with E-state index in [0.717, 1.165) is 4.80 Å². The maximum atomic E-state index is 10.9. The standard InChI is InChI=1S/C7H13N7O3/c8-10-6(15)4-14-12-5(11-13-14)2-1-3-9-7(16)17/h9H,1-4,8H2,(H,10,15)(H,16,17). The predicted octanol–water partition coefficient (Wildman–Crippen LogP) is -2.14. The van der Waals surface area contributed by atoms with Crippen LogP contribution in [0.15, 0.2) is 0 Å². The normalized spacial score (nSPS) is 9.94. The summed E-state index contributed by atoms with van der Waals surface area (Å²) in [5.74, 6) is 4.92. The molecule has 0 radical (unpaired) electrons. The Morgan fingerprint density at radius 3 is 2.88 bits per heavy atom. The van der Waals surface area contributed by atoms with Crippen LogP contribution in [0.5, 0.6) is 0 Å². The average Bonchev–Trinajstić information content (AvgIpc) is 2.72. The lowest BCUT2D eigenvalue weighted by Gasteiger charge is -1.97. The number of carbonyl (C=O) groups excluding carboxylic acids is 1. The number of nitrogens with one attached hydrogen (secondary N) is 2. The number of carbonyl (C=O) groups is 2. The van der Waals surface area contributed by atoms with E-state index in [1.807, 2.05) is 5.43 Å². The lowest BCUT2D eigenvalue weighted by molar-refractivity contribution is -0.122. The number of hydrogen-bond donors (Lipinski definition) is 4. The zero-order valence-corrected chi connectivity index (χ0v) is 8.96. The van der Waals surface area contributed by atoms with Crippen LogP contribution in [0.2, 0.25) is 0 Å². The molecule has 2 amide bonds. The number of tetrazole rings is 1. The van der Waals surface area contributed by atoms with Gasteiger partial charge in [0.2, 0.25) is 0 Å². The second-order valence-corrected chi connectivity index (χ2v) is 3.14. The molecule has 0 aromatic carbocycles. The van der Waals surface area contributed by atoms with Crippen molar-refractivity contribution in [3.05, 3.63) is 5.82 Å². The Balaban J connectivity index is 2.30. The molecule has 0 unspecified atom stereocenters. The average molecular weight is 243 g/mol. The summed E-state index contributed by atoms with van der Waals surface area (Å²) in [6.07, 6.45) is -0.0350. The van der Waals surface area contributed by atoms with Crippen molar-refractivity contribution >= 4 is 12.0 Å². The minimum absolute atomic E-state index is 0.100. The van der Waals surface area contributed by atoms with Crippen LogP contribution in [-0.4, -0.2) is 43.9 Å². The molecule has 0 atom stereocenters. The molecule has 10 nitrogen and oxygen atoms in total. The monoisotopic (exact) mass is 243 g/mol. The molecule has 10 heteroatoms. The third-order valence-corrected chi connectivity index (χ3v) is 1.79. The topological polar surface area (TPSA) is 148 Å². The summed E-state index contributed by atoms with van der Waals surface area (Å²) in [5.41, 5.74) is 1.94. The lowest BCUT2D eigenvalue weighted by Crippen LogP contribution is -2.33. The van der Waals surface area contributed by atoms with Crippen molar-refractivity contribution < 1.29 is 14.7 Å².